The third-order valence-electron chi connectivity index (χ3n) is 4.59. The lowest BCUT2D eigenvalue weighted by molar-refractivity contribution is 0.0989. The van der Waals surface area contributed by atoms with E-state index in [2.05, 4.69) is 5.32 Å². The fraction of sp³-hybridized carbons (Fsp3) is 0.455. The van der Waals surface area contributed by atoms with Crippen LogP contribution < -0.4 is 33.7 Å². The largest absolute Gasteiger partial charge is 0.497 e. The smallest absolute Gasteiger partial charge is 0.203 e. The fourth-order valence-electron chi connectivity index (χ4n) is 2.99. The lowest BCUT2D eigenvalue weighted by atomic mass is 10.1. The average molecular weight is 437 g/mol. The Labute approximate surface area is 182 Å². The van der Waals surface area contributed by atoms with Gasteiger partial charge in [0, 0.05) is 30.8 Å². The van der Waals surface area contributed by atoms with Gasteiger partial charge < -0.3 is 44.0 Å². The quantitative estimate of drug-likeness (QED) is 0.432. The summed E-state index contributed by atoms with van der Waals surface area (Å²) in [5.74, 6) is 3.02. The minimum Gasteiger partial charge on any atom is -0.497 e. The summed E-state index contributed by atoms with van der Waals surface area (Å²) in [6.07, 6.45) is -1.65. The van der Waals surface area contributed by atoms with Crippen molar-refractivity contribution in [1.82, 2.24) is 5.32 Å². The second-order valence-electron chi connectivity index (χ2n) is 6.61. The van der Waals surface area contributed by atoms with Crippen LogP contribution in [0.4, 0.5) is 0 Å². The molecule has 0 bridgehead atoms. The van der Waals surface area contributed by atoms with Gasteiger partial charge in [-0.05, 0) is 18.2 Å². The number of rotatable bonds is 13. The van der Waals surface area contributed by atoms with Crippen LogP contribution in [-0.4, -0.2) is 71.6 Å². The van der Waals surface area contributed by atoms with Crippen molar-refractivity contribution < 1.29 is 38.6 Å². The van der Waals surface area contributed by atoms with E-state index in [1.165, 1.54) is 28.4 Å². The maximum absolute atomic E-state index is 10.5. The first-order valence-electron chi connectivity index (χ1n) is 9.68. The van der Waals surface area contributed by atoms with Crippen molar-refractivity contribution in [3.05, 3.63) is 35.9 Å². The molecule has 0 aliphatic heterocycles. The van der Waals surface area contributed by atoms with Crippen LogP contribution in [0.15, 0.2) is 30.3 Å². The van der Waals surface area contributed by atoms with E-state index in [1.54, 1.807) is 37.4 Å². The second kappa shape index (κ2) is 12.1. The highest BCUT2D eigenvalue weighted by molar-refractivity contribution is 5.55. The van der Waals surface area contributed by atoms with E-state index < -0.39 is 12.2 Å². The molecule has 3 N–H and O–H groups in total. The Balaban J connectivity index is 1.88. The van der Waals surface area contributed by atoms with Crippen molar-refractivity contribution in [3.8, 4) is 34.5 Å². The molecule has 2 unspecified atom stereocenters. The number of nitrogens with one attached hydrogen (secondary N) is 1. The average Bonchev–Trinajstić information content (AvgIpc) is 2.81. The zero-order valence-electron chi connectivity index (χ0n) is 18.5. The predicted octanol–water partition coefficient (Wildman–Crippen LogP) is 1.79. The van der Waals surface area contributed by atoms with Crippen LogP contribution in [0, 0.1) is 0 Å². The number of benzene rings is 2. The number of methoxy groups -OCH3 is 5. The molecule has 2 rings (SSSR count). The van der Waals surface area contributed by atoms with Crippen molar-refractivity contribution in [3.63, 3.8) is 0 Å². The van der Waals surface area contributed by atoms with Gasteiger partial charge in [-0.1, -0.05) is 0 Å². The summed E-state index contributed by atoms with van der Waals surface area (Å²) in [5, 5.41) is 23.7. The summed E-state index contributed by atoms with van der Waals surface area (Å²) in [6, 6.07) is 8.51. The van der Waals surface area contributed by atoms with Gasteiger partial charge >= 0.3 is 0 Å². The van der Waals surface area contributed by atoms with Gasteiger partial charge in [-0.15, -0.1) is 0 Å². The number of hydrogen-bond donors (Lipinski definition) is 3. The van der Waals surface area contributed by atoms with E-state index in [0.29, 0.717) is 40.1 Å². The standard InChI is InChI=1S/C22H31NO8/c1-26-15-6-7-19(27-2)17(8-15)18(25)12-23-11-14(24)13-31-16-9-20(28-3)22(30-5)21(10-16)29-4/h6-10,14,18,23-25H,11-13H2,1-5H3. The highest BCUT2D eigenvalue weighted by Crippen LogP contribution is 2.40. The van der Waals surface area contributed by atoms with Crippen molar-refractivity contribution in [2.45, 2.75) is 12.2 Å². The van der Waals surface area contributed by atoms with Crippen LogP contribution in [0.25, 0.3) is 0 Å². The van der Waals surface area contributed by atoms with Crippen molar-refractivity contribution in [2.75, 3.05) is 55.2 Å². The summed E-state index contributed by atoms with van der Waals surface area (Å²) in [4.78, 5) is 0. The molecule has 0 aromatic heterocycles. The number of aliphatic hydroxyl groups excluding tert-OH is 2. The van der Waals surface area contributed by atoms with Crippen molar-refractivity contribution in [2.24, 2.45) is 0 Å². The first kappa shape index (κ1) is 24.4. The molecule has 172 valence electrons. The Bertz CT molecular complexity index is 804. The molecule has 2 atom stereocenters. The summed E-state index contributed by atoms with van der Waals surface area (Å²) < 4.78 is 32.0. The van der Waals surface area contributed by atoms with Gasteiger partial charge in [0.2, 0.25) is 5.75 Å². The molecular formula is C22H31NO8. The van der Waals surface area contributed by atoms with Gasteiger partial charge in [0.05, 0.1) is 41.7 Å². The molecule has 0 saturated heterocycles. The van der Waals surface area contributed by atoms with Gasteiger partial charge in [0.25, 0.3) is 0 Å². The molecule has 0 saturated carbocycles. The van der Waals surface area contributed by atoms with Crippen molar-refractivity contribution in [1.29, 1.82) is 0 Å². The molecule has 0 heterocycles. The van der Waals surface area contributed by atoms with Gasteiger partial charge in [-0.3, -0.25) is 0 Å². The fourth-order valence-corrected chi connectivity index (χ4v) is 2.99. The molecular weight excluding hydrogens is 406 g/mol. The normalized spacial score (nSPS) is 12.6. The Kier molecular flexibility index (Phi) is 9.51. The van der Waals surface area contributed by atoms with E-state index in [9.17, 15) is 10.2 Å². The predicted molar refractivity (Wildman–Crippen MR) is 115 cm³/mol. The monoisotopic (exact) mass is 437 g/mol. The van der Waals surface area contributed by atoms with E-state index in [0.717, 1.165) is 0 Å². The Morgan fingerprint density at radius 2 is 1.39 bits per heavy atom. The van der Waals surface area contributed by atoms with Crippen LogP contribution in [0.5, 0.6) is 34.5 Å². The molecule has 2 aromatic rings. The van der Waals surface area contributed by atoms with Crippen LogP contribution in [0.3, 0.4) is 0 Å². The Hall–Kier alpha value is -2.88. The highest BCUT2D eigenvalue weighted by Gasteiger charge is 2.17. The van der Waals surface area contributed by atoms with Crippen LogP contribution in [-0.2, 0) is 0 Å². The van der Waals surface area contributed by atoms with Gasteiger partial charge in [0.1, 0.15) is 30.0 Å². The number of hydrogen-bond acceptors (Lipinski definition) is 9. The topological polar surface area (TPSA) is 108 Å². The minimum atomic E-state index is -0.840. The van der Waals surface area contributed by atoms with Gasteiger partial charge in [0.15, 0.2) is 11.5 Å². The lowest BCUT2D eigenvalue weighted by Crippen LogP contribution is -2.33. The molecule has 9 nitrogen and oxygen atoms in total. The summed E-state index contributed by atoms with van der Waals surface area (Å²) >= 11 is 0. The zero-order valence-corrected chi connectivity index (χ0v) is 18.5. The maximum Gasteiger partial charge on any atom is 0.203 e. The summed E-state index contributed by atoms with van der Waals surface area (Å²) in [7, 11) is 7.65. The minimum absolute atomic E-state index is 0.0320. The third kappa shape index (κ3) is 6.55. The van der Waals surface area contributed by atoms with Crippen LogP contribution in [0.2, 0.25) is 0 Å². The Morgan fingerprint density at radius 3 is 1.94 bits per heavy atom. The Morgan fingerprint density at radius 1 is 0.742 bits per heavy atom. The molecule has 0 amide bonds. The molecule has 9 heteroatoms. The first-order chi connectivity index (χ1) is 15.0. The van der Waals surface area contributed by atoms with Gasteiger partial charge in [-0.25, -0.2) is 0 Å². The van der Waals surface area contributed by atoms with Gasteiger partial charge in [-0.2, -0.15) is 0 Å². The maximum atomic E-state index is 10.5. The summed E-state index contributed by atoms with van der Waals surface area (Å²) in [6.45, 7) is 0.461. The molecule has 0 spiro atoms. The molecule has 0 fully saturated rings. The second-order valence-corrected chi connectivity index (χ2v) is 6.61. The highest BCUT2D eigenvalue weighted by atomic mass is 16.5. The van der Waals surface area contributed by atoms with E-state index in [-0.39, 0.29) is 19.7 Å². The summed E-state index contributed by atoms with van der Waals surface area (Å²) in [5.41, 5.74) is 0.595. The van der Waals surface area contributed by atoms with E-state index in [4.69, 9.17) is 28.4 Å². The molecule has 0 aliphatic rings. The third-order valence-corrected chi connectivity index (χ3v) is 4.59. The van der Waals surface area contributed by atoms with E-state index >= 15 is 0 Å². The van der Waals surface area contributed by atoms with Crippen molar-refractivity contribution >= 4 is 0 Å². The first-order valence-corrected chi connectivity index (χ1v) is 9.68. The zero-order chi connectivity index (χ0) is 22.8. The van der Waals surface area contributed by atoms with Crippen LogP contribution >= 0.6 is 0 Å². The lowest BCUT2D eigenvalue weighted by Gasteiger charge is -2.19. The molecule has 0 aliphatic carbocycles. The van der Waals surface area contributed by atoms with Crippen LogP contribution in [0.1, 0.15) is 11.7 Å². The number of ether oxygens (including phenoxy) is 6. The molecule has 0 radical (unpaired) electrons. The SMILES string of the molecule is COc1ccc(OC)c(C(O)CNCC(O)COc2cc(OC)c(OC)c(OC)c2)c1. The molecule has 2 aromatic carbocycles. The number of aliphatic hydroxyl groups is 2. The molecule has 31 heavy (non-hydrogen) atoms. The van der Waals surface area contributed by atoms with E-state index in [1.807, 2.05) is 0 Å².